The number of aliphatic imine (C=N–C) groups is 1. The molecular weight excluding hydrogens is 254 g/mol. The average molecular weight is 281 g/mol. The number of hydrogen-bond acceptors (Lipinski definition) is 4. The SMILES string of the molecule is C=C(C)C(=O)OCCCCCCCCCCCN=C=O. The molecule has 20 heavy (non-hydrogen) atoms. The lowest BCUT2D eigenvalue weighted by Gasteiger charge is -2.04. The number of unbranched alkanes of at least 4 members (excludes halogenated alkanes) is 8. The molecule has 0 aromatic carbocycles. The molecule has 0 saturated carbocycles. The van der Waals surface area contributed by atoms with E-state index in [0.29, 0.717) is 18.7 Å². The lowest BCUT2D eigenvalue weighted by molar-refractivity contribution is -0.139. The molecule has 0 amide bonds. The second-order valence-electron chi connectivity index (χ2n) is 5.07. The van der Waals surface area contributed by atoms with Gasteiger partial charge < -0.3 is 4.74 Å². The van der Waals surface area contributed by atoms with Crippen molar-refractivity contribution in [2.24, 2.45) is 4.99 Å². The predicted octanol–water partition coefficient (Wildman–Crippen LogP) is 3.95. The molecule has 0 atom stereocenters. The predicted molar refractivity (Wildman–Crippen MR) is 80.3 cm³/mol. The van der Waals surface area contributed by atoms with Crippen LogP contribution in [0.1, 0.15) is 64.7 Å². The molecule has 0 aliphatic heterocycles. The van der Waals surface area contributed by atoms with Gasteiger partial charge >= 0.3 is 5.97 Å². The maximum atomic E-state index is 11.1. The Labute approximate surface area is 122 Å². The zero-order chi connectivity index (χ0) is 15.1. The number of rotatable bonds is 13. The zero-order valence-corrected chi connectivity index (χ0v) is 12.7. The summed E-state index contributed by atoms with van der Waals surface area (Å²) in [5.41, 5.74) is 0.462. The van der Waals surface area contributed by atoms with Crippen molar-refractivity contribution in [3.63, 3.8) is 0 Å². The van der Waals surface area contributed by atoms with Crippen LogP contribution in [0, 0.1) is 0 Å². The van der Waals surface area contributed by atoms with E-state index in [-0.39, 0.29) is 5.97 Å². The molecule has 114 valence electrons. The van der Waals surface area contributed by atoms with Gasteiger partial charge in [-0.3, -0.25) is 0 Å². The Morgan fingerprint density at radius 1 is 1.00 bits per heavy atom. The molecule has 0 rings (SSSR count). The van der Waals surface area contributed by atoms with Crippen LogP contribution in [0.15, 0.2) is 17.1 Å². The first kappa shape index (κ1) is 18.6. The Morgan fingerprint density at radius 2 is 1.50 bits per heavy atom. The molecule has 0 N–H and O–H groups in total. The smallest absolute Gasteiger partial charge is 0.333 e. The van der Waals surface area contributed by atoms with Gasteiger partial charge in [0.15, 0.2) is 0 Å². The quantitative estimate of drug-likeness (QED) is 0.169. The first-order chi connectivity index (χ1) is 9.68. The standard InChI is InChI=1S/C16H27NO3/c1-15(2)16(19)20-13-11-9-7-5-3-4-6-8-10-12-17-14-18/h1,3-13H2,2H3. The van der Waals surface area contributed by atoms with Crippen LogP contribution in [0.3, 0.4) is 0 Å². The van der Waals surface area contributed by atoms with Crippen molar-refractivity contribution in [2.45, 2.75) is 64.7 Å². The summed E-state index contributed by atoms with van der Waals surface area (Å²) >= 11 is 0. The second-order valence-corrected chi connectivity index (χ2v) is 5.07. The van der Waals surface area contributed by atoms with E-state index in [1.807, 2.05) is 0 Å². The van der Waals surface area contributed by atoms with E-state index in [9.17, 15) is 9.59 Å². The highest BCUT2D eigenvalue weighted by Gasteiger charge is 2.01. The van der Waals surface area contributed by atoms with Crippen LogP contribution in [-0.2, 0) is 14.3 Å². The molecule has 0 aromatic rings. The van der Waals surface area contributed by atoms with E-state index < -0.39 is 0 Å². The van der Waals surface area contributed by atoms with Gasteiger partial charge in [-0.15, -0.1) is 0 Å². The molecule has 4 nitrogen and oxygen atoms in total. The number of carbonyl (C=O) groups is 1. The van der Waals surface area contributed by atoms with Crippen molar-refractivity contribution in [3.05, 3.63) is 12.2 Å². The minimum Gasteiger partial charge on any atom is -0.462 e. The number of hydrogen-bond donors (Lipinski definition) is 0. The van der Waals surface area contributed by atoms with Gasteiger partial charge in [0.25, 0.3) is 0 Å². The molecule has 0 spiro atoms. The molecule has 0 saturated heterocycles. The Morgan fingerprint density at radius 3 is 2.00 bits per heavy atom. The summed E-state index contributed by atoms with van der Waals surface area (Å²) in [4.78, 5) is 24.5. The number of nitrogens with zero attached hydrogens (tertiary/aromatic N) is 1. The van der Waals surface area contributed by atoms with E-state index in [2.05, 4.69) is 11.6 Å². The molecule has 0 aromatic heterocycles. The van der Waals surface area contributed by atoms with Crippen LogP contribution in [0.4, 0.5) is 0 Å². The number of esters is 1. The van der Waals surface area contributed by atoms with Crippen LogP contribution in [0.2, 0.25) is 0 Å². The highest BCUT2D eigenvalue weighted by molar-refractivity contribution is 5.86. The summed E-state index contributed by atoms with van der Waals surface area (Å²) in [5.74, 6) is -0.288. The van der Waals surface area contributed by atoms with Crippen LogP contribution in [0.5, 0.6) is 0 Å². The summed E-state index contributed by atoms with van der Waals surface area (Å²) in [6.45, 7) is 6.32. The van der Waals surface area contributed by atoms with Crippen LogP contribution in [0.25, 0.3) is 0 Å². The minimum absolute atomic E-state index is 0.288. The first-order valence-electron chi connectivity index (χ1n) is 7.54. The van der Waals surface area contributed by atoms with Gasteiger partial charge in [-0.25, -0.2) is 14.6 Å². The summed E-state index contributed by atoms with van der Waals surface area (Å²) in [5, 5.41) is 0. The maximum absolute atomic E-state index is 11.1. The van der Waals surface area contributed by atoms with Gasteiger partial charge in [0.05, 0.1) is 13.2 Å². The third-order valence-corrected chi connectivity index (χ3v) is 3.06. The molecular formula is C16H27NO3. The highest BCUT2D eigenvalue weighted by atomic mass is 16.5. The van der Waals surface area contributed by atoms with Crippen molar-refractivity contribution in [1.29, 1.82) is 0 Å². The average Bonchev–Trinajstić information content (AvgIpc) is 2.43. The van der Waals surface area contributed by atoms with E-state index in [4.69, 9.17) is 4.74 Å². The lowest BCUT2D eigenvalue weighted by atomic mass is 10.1. The monoisotopic (exact) mass is 281 g/mol. The van der Waals surface area contributed by atoms with Gasteiger partial charge in [-0.2, -0.15) is 0 Å². The first-order valence-corrected chi connectivity index (χ1v) is 7.54. The third-order valence-electron chi connectivity index (χ3n) is 3.06. The summed E-state index contributed by atoms with van der Waals surface area (Å²) in [6.07, 6.45) is 11.9. The van der Waals surface area contributed by atoms with Crippen molar-refractivity contribution >= 4 is 12.0 Å². The Bertz CT molecular complexity index is 320. The Hall–Kier alpha value is -1.41. The van der Waals surface area contributed by atoms with Crippen molar-refractivity contribution in [3.8, 4) is 0 Å². The van der Waals surface area contributed by atoms with E-state index in [1.54, 1.807) is 13.0 Å². The second kappa shape index (κ2) is 14.0. The Kier molecular flexibility index (Phi) is 13.0. The fraction of sp³-hybridized carbons (Fsp3) is 0.750. The summed E-state index contributed by atoms with van der Waals surface area (Å²) < 4.78 is 5.02. The molecule has 4 heteroatoms. The molecule has 0 aliphatic carbocycles. The van der Waals surface area contributed by atoms with Crippen molar-refractivity contribution in [1.82, 2.24) is 0 Å². The van der Waals surface area contributed by atoms with E-state index in [1.165, 1.54) is 32.1 Å². The largest absolute Gasteiger partial charge is 0.462 e. The van der Waals surface area contributed by atoms with Crippen molar-refractivity contribution < 1.29 is 14.3 Å². The summed E-state index contributed by atoms with van der Waals surface area (Å²) in [6, 6.07) is 0. The maximum Gasteiger partial charge on any atom is 0.333 e. The fourth-order valence-corrected chi connectivity index (χ4v) is 1.86. The lowest BCUT2D eigenvalue weighted by Crippen LogP contribution is -2.05. The topological polar surface area (TPSA) is 55.7 Å². The molecule has 0 fully saturated rings. The highest BCUT2D eigenvalue weighted by Crippen LogP contribution is 2.10. The molecule has 0 bridgehead atoms. The van der Waals surface area contributed by atoms with E-state index >= 15 is 0 Å². The van der Waals surface area contributed by atoms with Crippen molar-refractivity contribution in [2.75, 3.05) is 13.2 Å². The van der Waals surface area contributed by atoms with Gasteiger partial charge in [0.2, 0.25) is 6.08 Å². The van der Waals surface area contributed by atoms with Crippen LogP contribution in [-0.4, -0.2) is 25.2 Å². The minimum atomic E-state index is -0.288. The summed E-state index contributed by atoms with van der Waals surface area (Å²) in [7, 11) is 0. The number of isocyanates is 1. The normalized spacial score (nSPS) is 9.85. The van der Waals surface area contributed by atoms with Gasteiger partial charge in [0.1, 0.15) is 0 Å². The third kappa shape index (κ3) is 13.0. The number of carbonyl (C=O) groups excluding carboxylic acids is 2. The van der Waals surface area contributed by atoms with E-state index in [0.717, 1.165) is 25.7 Å². The molecule has 0 unspecified atom stereocenters. The van der Waals surface area contributed by atoms with Gasteiger partial charge in [-0.05, 0) is 19.8 Å². The molecule has 0 heterocycles. The van der Waals surface area contributed by atoms with Gasteiger partial charge in [-0.1, -0.05) is 51.5 Å². The van der Waals surface area contributed by atoms with Gasteiger partial charge in [0, 0.05) is 5.57 Å². The number of ether oxygens (including phenoxy) is 1. The van der Waals surface area contributed by atoms with Crippen LogP contribution < -0.4 is 0 Å². The zero-order valence-electron chi connectivity index (χ0n) is 12.7. The molecule has 0 radical (unpaired) electrons. The fourth-order valence-electron chi connectivity index (χ4n) is 1.86. The Balaban J connectivity index is 3.11. The molecule has 0 aliphatic rings. The van der Waals surface area contributed by atoms with Crippen LogP contribution >= 0.6 is 0 Å².